The predicted octanol–water partition coefficient (Wildman–Crippen LogP) is 3.73. The zero-order valence-electron chi connectivity index (χ0n) is 11.2. The van der Waals surface area contributed by atoms with Gasteiger partial charge < -0.3 is 4.74 Å². The van der Waals surface area contributed by atoms with E-state index in [9.17, 15) is 9.18 Å². The van der Waals surface area contributed by atoms with E-state index >= 15 is 0 Å². The normalized spacial score (nSPS) is 23.7. The number of nitrogens with zero attached hydrogens (tertiary/aromatic N) is 1. The molecular weight excluding hydrogens is 245 g/mol. The van der Waals surface area contributed by atoms with E-state index in [1.54, 1.807) is 11.0 Å². The molecule has 4 heteroatoms. The number of hydrogen-bond acceptors (Lipinski definition) is 2. The van der Waals surface area contributed by atoms with E-state index in [1.807, 2.05) is 39.0 Å². The predicted molar refractivity (Wildman–Crippen MR) is 69.1 cm³/mol. The highest BCUT2D eigenvalue weighted by molar-refractivity contribution is 5.73. The zero-order chi connectivity index (χ0) is 13.8. The van der Waals surface area contributed by atoms with E-state index in [4.69, 9.17) is 4.74 Å². The lowest BCUT2D eigenvalue weighted by Crippen LogP contribution is -2.35. The molecule has 3 nitrogen and oxygen atoms in total. The molecule has 0 aromatic heterocycles. The minimum absolute atomic E-state index is 0.203. The lowest BCUT2D eigenvalue weighted by Gasteiger charge is -2.27. The molecule has 0 aliphatic carbocycles. The molecule has 0 fully saturated rings. The van der Waals surface area contributed by atoms with Gasteiger partial charge in [0.2, 0.25) is 0 Å². The van der Waals surface area contributed by atoms with Crippen LogP contribution in [0.4, 0.5) is 9.18 Å². The van der Waals surface area contributed by atoms with Gasteiger partial charge in [-0.2, -0.15) is 0 Å². The van der Waals surface area contributed by atoms with Crippen LogP contribution < -0.4 is 0 Å². The molecule has 2 bridgehead atoms. The highest BCUT2D eigenvalue weighted by Gasteiger charge is 2.45. The molecule has 100 valence electrons. The molecule has 2 atom stereocenters. The van der Waals surface area contributed by atoms with Crippen molar-refractivity contribution in [3.8, 4) is 0 Å². The smallest absolute Gasteiger partial charge is 0.411 e. The third kappa shape index (κ3) is 1.82. The van der Waals surface area contributed by atoms with Crippen molar-refractivity contribution in [3.63, 3.8) is 0 Å². The molecule has 0 spiro atoms. The van der Waals surface area contributed by atoms with Crippen LogP contribution in [-0.2, 0) is 4.74 Å². The molecule has 0 N–H and O–H groups in total. The molecule has 1 aromatic rings. The van der Waals surface area contributed by atoms with Crippen LogP contribution in [0, 0.1) is 5.82 Å². The SMILES string of the molecule is CC(C)(C)OC(=O)N1C2C=CC1c1c(F)cccc12. The molecule has 0 radical (unpaired) electrons. The van der Waals surface area contributed by atoms with E-state index in [0.717, 1.165) is 5.56 Å². The Bertz CT molecular complexity index is 574. The quantitative estimate of drug-likeness (QED) is 0.666. The highest BCUT2D eigenvalue weighted by Crippen LogP contribution is 2.49. The van der Waals surface area contributed by atoms with Crippen LogP contribution in [0.2, 0.25) is 0 Å². The van der Waals surface area contributed by atoms with Crippen LogP contribution in [0.1, 0.15) is 44.0 Å². The van der Waals surface area contributed by atoms with Gasteiger partial charge in [0.25, 0.3) is 0 Å². The number of benzene rings is 1. The summed E-state index contributed by atoms with van der Waals surface area (Å²) in [6, 6.07) is 4.43. The van der Waals surface area contributed by atoms with Crippen LogP contribution in [0.15, 0.2) is 30.4 Å². The first-order chi connectivity index (χ1) is 8.88. The molecule has 3 rings (SSSR count). The minimum Gasteiger partial charge on any atom is -0.444 e. The van der Waals surface area contributed by atoms with E-state index in [2.05, 4.69) is 0 Å². The molecule has 2 aliphatic heterocycles. The Balaban J connectivity index is 1.94. The first-order valence-corrected chi connectivity index (χ1v) is 6.36. The Hall–Kier alpha value is -1.84. The monoisotopic (exact) mass is 261 g/mol. The first kappa shape index (κ1) is 12.2. The minimum atomic E-state index is -0.552. The summed E-state index contributed by atoms with van der Waals surface area (Å²) in [6.45, 7) is 5.47. The fraction of sp³-hybridized carbons (Fsp3) is 0.400. The van der Waals surface area contributed by atoms with Gasteiger partial charge in [0.05, 0.1) is 12.1 Å². The van der Waals surface area contributed by atoms with Crippen LogP contribution in [0.5, 0.6) is 0 Å². The summed E-state index contributed by atoms with van der Waals surface area (Å²) >= 11 is 0. The second kappa shape index (κ2) is 3.83. The Kier molecular flexibility index (Phi) is 2.46. The Morgan fingerprint density at radius 3 is 2.58 bits per heavy atom. The second-order valence-electron chi connectivity index (χ2n) is 5.90. The number of ether oxygens (including phenoxy) is 1. The van der Waals surface area contributed by atoms with Crippen molar-refractivity contribution in [2.24, 2.45) is 0 Å². The Morgan fingerprint density at radius 1 is 1.26 bits per heavy atom. The number of halogens is 1. The molecular formula is C15H16FNO2. The highest BCUT2D eigenvalue weighted by atomic mass is 19.1. The van der Waals surface area contributed by atoms with Crippen molar-refractivity contribution in [2.45, 2.75) is 38.5 Å². The molecule has 1 aromatic carbocycles. The van der Waals surface area contributed by atoms with E-state index in [-0.39, 0.29) is 17.9 Å². The average molecular weight is 261 g/mol. The van der Waals surface area contributed by atoms with Gasteiger partial charge in [0.15, 0.2) is 0 Å². The number of carbonyl (C=O) groups excluding carboxylic acids is 1. The number of carbonyl (C=O) groups is 1. The fourth-order valence-corrected chi connectivity index (χ4v) is 2.72. The van der Waals surface area contributed by atoms with Gasteiger partial charge in [-0.15, -0.1) is 0 Å². The second-order valence-corrected chi connectivity index (χ2v) is 5.90. The van der Waals surface area contributed by atoms with Crippen molar-refractivity contribution in [1.29, 1.82) is 0 Å². The topological polar surface area (TPSA) is 29.5 Å². The van der Waals surface area contributed by atoms with Gasteiger partial charge >= 0.3 is 6.09 Å². The summed E-state index contributed by atoms with van der Waals surface area (Å²) in [5, 5.41) is 0. The van der Waals surface area contributed by atoms with Crippen LogP contribution in [0.25, 0.3) is 0 Å². The maximum atomic E-state index is 13.9. The van der Waals surface area contributed by atoms with Crippen LogP contribution >= 0.6 is 0 Å². The molecule has 2 heterocycles. The molecule has 0 saturated carbocycles. The van der Waals surface area contributed by atoms with Gasteiger partial charge in [0.1, 0.15) is 11.4 Å². The standard InChI is InChI=1S/C15H16FNO2/c1-15(2,3)19-14(18)17-11-7-8-12(17)13-9(11)5-4-6-10(13)16/h4-8,11-12H,1-3H3. The molecule has 2 aliphatic rings. The van der Waals surface area contributed by atoms with Crippen molar-refractivity contribution >= 4 is 6.09 Å². The third-order valence-corrected chi connectivity index (χ3v) is 3.38. The molecule has 19 heavy (non-hydrogen) atoms. The maximum absolute atomic E-state index is 13.9. The number of amides is 1. The van der Waals surface area contributed by atoms with Crippen molar-refractivity contribution < 1.29 is 13.9 Å². The number of hydrogen-bond donors (Lipinski definition) is 0. The summed E-state index contributed by atoms with van der Waals surface area (Å²) in [5.74, 6) is -0.261. The molecule has 2 unspecified atom stereocenters. The number of rotatable bonds is 0. The summed E-state index contributed by atoms with van der Waals surface area (Å²) in [5.41, 5.74) is 0.906. The lowest BCUT2D eigenvalue weighted by molar-refractivity contribution is 0.0195. The van der Waals surface area contributed by atoms with E-state index < -0.39 is 11.7 Å². The maximum Gasteiger partial charge on any atom is 0.411 e. The largest absolute Gasteiger partial charge is 0.444 e. The van der Waals surface area contributed by atoms with Crippen LogP contribution in [0.3, 0.4) is 0 Å². The van der Waals surface area contributed by atoms with Crippen molar-refractivity contribution in [3.05, 3.63) is 47.3 Å². The first-order valence-electron chi connectivity index (χ1n) is 6.36. The van der Waals surface area contributed by atoms with Gasteiger partial charge in [-0.3, -0.25) is 4.90 Å². The lowest BCUT2D eigenvalue weighted by atomic mass is 9.97. The number of fused-ring (bicyclic) bond motifs is 5. The summed E-state index contributed by atoms with van der Waals surface area (Å²) < 4.78 is 19.3. The van der Waals surface area contributed by atoms with Gasteiger partial charge in [-0.25, -0.2) is 9.18 Å². The van der Waals surface area contributed by atoms with Gasteiger partial charge in [0, 0.05) is 5.56 Å². The zero-order valence-corrected chi connectivity index (χ0v) is 11.2. The average Bonchev–Trinajstić information content (AvgIpc) is 2.83. The Labute approximate surface area is 111 Å². The summed E-state index contributed by atoms with van der Waals surface area (Å²) in [7, 11) is 0. The summed E-state index contributed by atoms with van der Waals surface area (Å²) in [6.07, 6.45) is 3.39. The fourth-order valence-electron chi connectivity index (χ4n) is 2.72. The molecule has 1 amide bonds. The molecule has 0 saturated heterocycles. The Morgan fingerprint density at radius 2 is 1.95 bits per heavy atom. The summed E-state index contributed by atoms with van der Waals surface area (Å²) in [4.78, 5) is 13.8. The van der Waals surface area contributed by atoms with Crippen molar-refractivity contribution in [2.75, 3.05) is 0 Å². The van der Waals surface area contributed by atoms with Crippen molar-refractivity contribution in [1.82, 2.24) is 4.90 Å². The van der Waals surface area contributed by atoms with Gasteiger partial charge in [-0.05, 0) is 32.4 Å². The van der Waals surface area contributed by atoms with Gasteiger partial charge in [-0.1, -0.05) is 24.3 Å². The third-order valence-electron chi connectivity index (χ3n) is 3.38. The van der Waals surface area contributed by atoms with E-state index in [1.165, 1.54) is 6.07 Å². The van der Waals surface area contributed by atoms with Crippen LogP contribution in [-0.4, -0.2) is 16.6 Å². The van der Waals surface area contributed by atoms with E-state index in [0.29, 0.717) is 5.56 Å².